The molecule has 0 spiro atoms. The van der Waals surface area contributed by atoms with E-state index in [1.165, 1.54) is 36.0 Å². The Hall–Kier alpha value is -3.52. The quantitative estimate of drug-likeness (QED) is 0.371. The van der Waals surface area contributed by atoms with Gasteiger partial charge in [0.2, 0.25) is 5.91 Å². The Morgan fingerprint density at radius 1 is 1.03 bits per heavy atom. The summed E-state index contributed by atoms with van der Waals surface area (Å²) >= 11 is 1.25. The Balaban J connectivity index is 1.46. The van der Waals surface area contributed by atoms with Gasteiger partial charge in [-0.2, -0.15) is 0 Å². The summed E-state index contributed by atoms with van der Waals surface area (Å²) in [6.45, 7) is 2.01. The molecule has 0 saturated heterocycles. The third-order valence-electron chi connectivity index (χ3n) is 5.08. The molecule has 1 amide bonds. The first-order valence-corrected chi connectivity index (χ1v) is 11.4. The number of carbonyl (C=O) groups excluding carboxylic acids is 1. The molecule has 1 atom stereocenters. The van der Waals surface area contributed by atoms with Crippen LogP contribution in [0.4, 0.5) is 8.78 Å². The number of nitrogens with zero attached hydrogens (tertiary/aromatic N) is 3. The van der Waals surface area contributed by atoms with E-state index in [1.54, 1.807) is 30.6 Å². The number of aromatic nitrogens is 3. The molecule has 33 heavy (non-hydrogen) atoms. The van der Waals surface area contributed by atoms with Gasteiger partial charge in [-0.25, -0.2) is 8.78 Å². The van der Waals surface area contributed by atoms with Crippen molar-refractivity contribution in [1.29, 1.82) is 0 Å². The molecule has 3 aromatic carbocycles. The summed E-state index contributed by atoms with van der Waals surface area (Å²) in [6, 6.07) is 19.6. The van der Waals surface area contributed by atoms with Gasteiger partial charge in [-0.05, 0) is 60.9 Å². The zero-order valence-corrected chi connectivity index (χ0v) is 18.7. The van der Waals surface area contributed by atoms with Crippen LogP contribution in [0.2, 0.25) is 0 Å². The lowest BCUT2D eigenvalue weighted by molar-refractivity contribution is -0.119. The molecule has 8 heteroatoms. The number of benzene rings is 3. The predicted molar refractivity (Wildman–Crippen MR) is 124 cm³/mol. The summed E-state index contributed by atoms with van der Waals surface area (Å²) in [5, 5.41) is 11.6. The highest BCUT2D eigenvalue weighted by Crippen LogP contribution is 2.23. The smallest absolute Gasteiger partial charge is 0.230 e. The van der Waals surface area contributed by atoms with E-state index in [2.05, 4.69) is 15.5 Å². The largest absolute Gasteiger partial charge is 0.348 e. The van der Waals surface area contributed by atoms with Crippen molar-refractivity contribution >= 4 is 17.7 Å². The van der Waals surface area contributed by atoms with Crippen LogP contribution < -0.4 is 5.32 Å². The Bertz CT molecular complexity index is 1240. The van der Waals surface area contributed by atoms with Gasteiger partial charge in [0.1, 0.15) is 18.0 Å². The average Bonchev–Trinajstić information content (AvgIpc) is 3.26. The lowest BCUT2D eigenvalue weighted by Crippen LogP contribution is -2.31. The first kappa shape index (κ1) is 22.7. The first-order chi connectivity index (χ1) is 16.0. The summed E-state index contributed by atoms with van der Waals surface area (Å²) in [4.78, 5) is 12.8. The molecule has 0 aliphatic heterocycles. The zero-order chi connectivity index (χ0) is 23.2. The lowest BCUT2D eigenvalue weighted by Gasteiger charge is -2.20. The predicted octanol–water partition coefficient (Wildman–Crippen LogP) is 5.05. The van der Waals surface area contributed by atoms with Crippen LogP contribution in [0.1, 0.15) is 22.7 Å². The highest BCUT2D eigenvalue weighted by Gasteiger charge is 2.18. The molecule has 0 fully saturated rings. The van der Waals surface area contributed by atoms with Crippen molar-refractivity contribution in [2.75, 3.05) is 5.75 Å². The van der Waals surface area contributed by atoms with Crippen molar-refractivity contribution < 1.29 is 13.6 Å². The molecule has 168 valence electrons. The Labute approximate surface area is 194 Å². The van der Waals surface area contributed by atoms with Gasteiger partial charge in [0.25, 0.3) is 0 Å². The van der Waals surface area contributed by atoms with E-state index in [0.29, 0.717) is 22.7 Å². The van der Waals surface area contributed by atoms with Crippen LogP contribution >= 0.6 is 11.8 Å². The van der Waals surface area contributed by atoms with Crippen molar-refractivity contribution in [2.45, 2.75) is 24.5 Å². The summed E-state index contributed by atoms with van der Waals surface area (Å²) in [6.07, 6.45) is 1.93. The van der Waals surface area contributed by atoms with E-state index in [1.807, 2.05) is 35.8 Å². The van der Waals surface area contributed by atoms with E-state index in [4.69, 9.17) is 0 Å². The summed E-state index contributed by atoms with van der Waals surface area (Å²) in [5.74, 6) is -0.905. The number of carbonyl (C=O) groups is 1. The van der Waals surface area contributed by atoms with E-state index >= 15 is 0 Å². The number of hydrogen-bond donors (Lipinski definition) is 1. The molecule has 5 nitrogen and oxygen atoms in total. The minimum atomic E-state index is -0.509. The molecule has 0 unspecified atom stereocenters. The van der Waals surface area contributed by atoms with Crippen molar-refractivity contribution in [3.05, 3.63) is 107 Å². The van der Waals surface area contributed by atoms with Crippen LogP contribution in [0, 0.1) is 18.6 Å². The van der Waals surface area contributed by atoms with Crippen LogP contribution in [0.25, 0.3) is 5.69 Å². The maximum absolute atomic E-state index is 13.8. The minimum absolute atomic E-state index is 0.0967. The highest BCUT2D eigenvalue weighted by atomic mass is 32.2. The SMILES string of the molecule is Cc1ccc(-n2cnnc2SCC(=O)N[C@@H](Cc2cccc(F)c2)c2cccc(F)c2)cc1. The molecule has 0 bridgehead atoms. The van der Waals surface area contributed by atoms with Gasteiger partial charge in [0.05, 0.1) is 11.8 Å². The second-order valence-electron chi connectivity index (χ2n) is 7.62. The normalized spacial score (nSPS) is 11.8. The lowest BCUT2D eigenvalue weighted by atomic mass is 9.98. The van der Waals surface area contributed by atoms with Crippen molar-refractivity contribution in [3.8, 4) is 5.69 Å². The van der Waals surface area contributed by atoms with Crippen molar-refractivity contribution in [2.24, 2.45) is 0 Å². The number of thioether (sulfide) groups is 1. The number of halogens is 2. The Kier molecular flexibility index (Phi) is 7.14. The van der Waals surface area contributed by atoms with Gasteiger partial charge >= 0.3 is 0 Å². The molecular weight excluding hydrogens is 442 g/mol. The number of nitrogens with one attached hydrogen (secondary N) is 1. The first-order valence-electron chi connectivity index (χ1n) is 10.4. The molecule has 1 N–H and O–H groups in total. The third kappa shape index (κ3) is 6.04. The number of aryl methyl sites for hydroxylation is 1. The van der Waals surface area contributed by atoms with Crippen LogP contribution in [-0.4, -0.2) is 26.4 Å². The Morgan fingerprint density at radius 3 is 2.48 bits per heavy atom. The highest BCUT2D eigenvalue weighted by molar-refractivity contribution is 7.99. The summed E-state index contributed by atoms with van der Waals surface area (Å²) in [5.41, 5.74) is 3.36. The number of amides is 1. The van der Waals surface area contributed by atoms with Crippen LogP contribution in [0.3, 0.4) is 0 Å². The molecule has 4 aromatic rings. The molecular formula is C25H22F2N4OS. The molecule has 0 aliphatic rings. The van der Waals surface area contributed by atoms with Gasteiger partial charge in [-0.15, -0.1) is 10.2 Å². The van der Waals surface area contributed by atoms with E-state index in [9.17, 15) is 13.6 Å². The van der Waals surface area contributed by atoms with Gasteiger partial charge in [0.15, 0.2) is 5.16 Å². The van der Waals surface area contributed by atoms with Crippen LogP contribution in [0.15, 0.2) is 84.3 Å². The van der Waals surface area contributed by atoms with Crippen LogP contribution in [-0.2, 0) is 11.2 Å². The third-order valence-corrected chi connectivity index (χ3v) is 6.02. The fraction of sp³-hybridized carbons (Fsp3) is 0.160. The zero-order valence-electron chi connectivity index (χ0n) is 17.9. The topological polar surface area (TPSA) is 59.8 Å². The molecule has 0 aliphatic carbocycles. The second-order valence-corrected chi connectivity index (χ2v) is 8.56. The summed E-state index contributed by atoms with van der Waals surface area (Å²) in [7, 11) is 0. The van der Waals surface area contributed by atoms with Crippen molar-refractivity contribution in [3.63, 3.8) is 0 Å². The van der Waals surface area contributed by atoms with Crippen LogP contribution in [0.5, 0.6) is 0 Å². The minimum Gasteiger partial charge on any atom is -0.348 e. The number of rotatable bonds is 8. The molecule has 0 saturated carbocycles. The van der Waals surface area contributed by atoms with Crippen molar-refractivity contribution in [1.82, 2.24) is 20.1 Å². The maximum atomic E-state index is 13.8. The van der Waals surface area contributed by atoms with Gasteiger partial charge < -0.3 is 5.32 Å². The van der Waals surface area contributed by atoms with E-state index in [-0.39, 0.29) is 17.5 Å². The Morgan fingerprint density at radius 2 is 1.76 bits per heavy atom. The van der Waals surface area contributed by atoms with Gasteiger partial charge in [-0.3, -0.25) is 9.36 Å². The molecule has 1 heterocycles. The maximum Gasteiger partial charge on any atom is 0.230 e. The fourth-order valence-corrected chi connectivity index (χ4v) is 4.19. The van der Waals surface area contributed by atoms with E-state index < -0.39 is 11.9 Å². The molecule has 0 radical (unpaired) electrons. The van der Waals surface area contributed by atoms with Gasteiger partial charge in [-0.1, -0.05) is 53.7 Å². The average molecular weight is 465 g/mol. The number of hydrogen-bond acceptors (Lipinski definition) is 4. The molecule has 4 rings (SSSR count). The molecule has 1 aromatic heterocycles. The second kappa shape index (κ2) is 10.4. The summed E-state index contributed by atoms with van der Waals surface area (Å²) < 4.78 is 29.3. The van der Waals surface area contributed by atoms with E-state index in [0.717, 1.165) is 11.3 Å². The fourth-order valence-electron chi connectivity index (χ4n) is 3.45. The standard InChI is InChI=1S/C25H22F2N4OS/c1-17-8-10-22(11-9-17)31-16-28-30-25(31)33-15-24(32)29-23(19-5-3-7-21(27)14-19)13-18-4-2-6-20(26)12-18/h2-12,14,16,23H,13,15H2,1H3,(H,29,32)/t23-/m0/s1. The monoisotopic (exact) mass is 464 g/mol. The van der Waals surface area contributed by atoms with Gasteiger partial charge in [0, 0.05) is 5.69 Å².